The second kappa shape index (κ2) is 6.61. The summed E-state index contributed by atoms with van der Waals surface area (Å²) in [5.74, 6) is -0.0690. The first-order valence-corrected chi connectivity index (χ1v) is 6.06. The van der Waals surface area contributed by atoms with Gasteiger partial charge in [0.25, 0.3) is 5.91 Å². The van der Waals surface area contributed by atoms with Gasteiger partial charge in [-0.2, -0.15) is 0 Å². The lowest BCUT2D eigenvalue weighted by Crippen LogP contribution is -2.18. The summed E-state index contributed by atoms with van der Waals surface area (Å²) in [5, 5.41) is 5.89. The number of carbonyl (C=O) groups is 1. The van der Waals surface area contributed by atoms with Crippen molar-refractivity contribution in [1.82, 2.24) is 20.6 Å². The van der Waals surface area contributed by atoms with E-state index < -0.39 is 0 Å². The maximum atomic E-state index is 11.4. The van der Waals surface area contributed by atoms with Gasteiger partial charge in [-0.1, -0.05) is 12.1 Å². The highest BCUT2D eigenvalue weighted by atomic mass is 16.1. The lowest BCUT2D eigenvalue weighted by atomic mass is 10.1. The van der Waals surface area contributed by atoms with Crippen molar-refractivity contribution < 1.29 is 4.79 Å². The van der Waals surface area contributed by atoms with Crippen molar-refractivity contribution in [2.45, 2.75) is 13.1 Å². The molecule has 0 saturated heterocycles. The van der Waals surface area contributed by atoms with Crippen LogP contribution < -0.4 is 10.6 Å². The molecule has 1 heterocycles. The molecule has 0 fully saturated rings. The number of hydrogen-bond donors (Lipinski definition) is 2. The van der Waals surface area contributed by atoms with Gasteiger partial charge in [0.05, 0.1) is 5.69 Å². The van der Waals surface area contributed by atoms with Gasteiger partial charge in [0.15, 0.2) is 0 Å². The van der Waals surface area contributed by atoms with E-state index in [1.54, 1.807) is 13.2 Å². The second-order valence-electron chi connectivity index (χ2n) is 4.08. The zero-order valence-electron chi connectivity index (χ0n) is 10.8. The van der Waals surface area contributed by atoms with Gasteiger partial charge in [-0.05, 0) is 23.8 Å². The summed E-state index contributed by atoms with van der Waals surface area (Å²) >= 11 is 0. The lowest BCUT2D eigenvalue weighted by Gasteiger charge is -2.05. The number of nitrogens with zero attached hydrogens (tertiary/aromatic N) is 2. The number of benzene rings is 1. The van der Waals surface area contributed by atoms with Crippen molar-refractivity contribution in [1.29, 1.82) is 0 Å². The summed E-state index contributed by atoms with van der Waals surface area (Å²) in [6.45, 7) is 1.43. The highest BCUT2D eigenvalue weighted by molar-refractivity contribution is 5.93. The molecule has 1 aromatic carbocycles. The zero-order valence-corrected chi connectivity index (χ0v) is 10.8. The van der Waals surface area contributed by atoms with Gasteiger partial charge in [0.2, 0.25) is 0 Å². The summed E-state index contributed by atoms with van der Waals surface area (Å²) in [6, 6.07) is 9.40. The van der Waals surface area contributed by atoms with Gasteiger partial charge in [-0.3, -0.25) is 4.79 Å². The van der Waals surface area contributed by atoms with Crippen LogP contribution in [0.15, 0.2) is 42.9 Å². The van der Waals surface area contributed by atoms with Crippen molar-refractivity contribution in [2.24, 2.45) is 0 Å². The summed E-state index contributed by atoms with van der Waals surface area (Å²) in [6.07, 6.45) is 3.26. The van der Waals surface area contributed by atoms with Gasteiger partial charge in [0.1, 0.15) is 6.33 Å². The predicted octanol–water partition coefficient (Wildman–Crippen LogP) is 1.13. The van der Waals surface area contributed by atoms with Crippen LogP contribution in [0.2, 0.25) is 0 Å². The molecule has 1 amide bonds. The van der Waals surface area contributed by atoms with E-state index in [1.165, 1.54) is 6.33 Å². The van der Waals surface area contributed by atoms with Crippen LogP contribution in [0, 0.1) is 0 Å². The summed E-state index contributed by atoms with van der Waals surface area (Å²) in [5.41, 5.74) is 2.75. The fourth-order valence-corrected chi connectivity index (χ4v) is 1.68. The molecule has 0 radical (unpaired) electrons. The predicted molar refractivity (Wildman–Crippen MR) is 72.4 cm³/mol. The Kier molecular flexibility index (Phi) is 4.58. The van der Waals surface area contributed by atoms with Crippen LogP contribution in [0.25, 0.3) is 0 Å². The topological polar surface area (TPSA) is 66.9 Å². The summed E-state index contributed by atoms with van der Waals surface area (Å²) in [4.78, 5) is 19.4. The molecule has 0 spiro atoms. The smallest absolute Gasteiger partial charge is 0.251 e. The quantitative estimate of drug-likeness (QED) is 0.841. The Hall–Kier alpha value is -2.27. The Morgan fingerprint density at radius 3 is 2.58 bits per heavy atom. The molecule has 2 aromatic rings. The summed E-state index contributed by atoms with van der Waals surface area (Å²) in [7, 11) is 1.62. The van der Waals surface area contributed by atoms with Crippen LogP contribution in [0.3, 0.4) is 0 Å². The minimum Gasteiger partial charge on any atom is -0.355 e. The second-order valence-corrected chi connectivity index (χ2v) is 4.08. The van der Waals surface area contributed by atoms with Gasteiger partial charge in [0, 0.05) is 31.9 Å². The van der Waals surface area contributed by atoms with Crippen LogP contribution in [0.5, 0.6) is 0 Å². The van der Waals surface area contributed by atoms with E-state index in [1.807, 2.05) is 30.3 Å². The molecule has 0 bridgehead atoms. The number of aromatic nitrogens is 2. The molecule has 0 saturated carbocycles. The standard InChI is InChI=1S/C14H16N4O/c1-15-14(19)12-4-2-11(3-5-12)8-17-9-13-6-7-16-10-18-13/h2-7,10,17H,8-9H2,1H3,(H,15,19). The molecule has 0 unspecified atom stereocenters. The molecule has 0 aliphatic heterocycles. The minimum atomic E-state index is -0.0690. The highest BCUT2D eigenvalue weighted by Gasteiger charge is 2.02. The molecule has 5 heteroatoms. The third-order valence-electron chi connectivity index (χ3n) is 2.72. The Morgan fingerprint density at radius 2 is 1.95 bits per heavy atom. The van der Waals surface area contributed by atoms with Crippen molar-refractivity contribution >= 4 is 5.91 Å². The van der Waals surface area contributed by atoms with Crippen molar-refractivity contribution in [3.8, 4) is 0 Å². The largest absolute Gasteiger partial charge is 0.355 e. The first-order valence-electron chi connectivity index (χ1n) is 6.06. The van der Waals surface area contributed by atoms with Crippen LogP contribution in [0.1, 0.15) is 21.6 Å². The summed E-state index contributed by atoms with van der Waals surface area (Å²) < 4.78 is 0. The van der Waals surface area contributed by atoms with Gasteiger partial charge >= 0.3 is 0 Å². The van der Waals surface area contributed by atoms with Crippen molar-refractivity contribution in [3.63, 3.8) is 0 Å². The van der Waals surface area contributed by atoms with Gasteiger partial charge < -0.3 is 10.6 Å². The van der Waals surface area contributed by atoms with Crippen molar-refractivity contribution in [2.75, 3.05) is 7.05 Å². The van der Waals surface area contributed by atoms with E-state index >= 15 is 0 Å². The van der Waals surface area contributed by atoms with E-state index in [-0.39, 0.29) is 5.91 Å². The molecule has 1 aromatic heterocycles. The highest BCUT2D eigenvalue weighted by Crippen LogP contribution is 2.04. The fourth-order valence-electron chi connectivity index (χ4n) is 1.68. The van der Waals surface area contributed by atoms with Crippen LogP contribution in [-0.2, 0) is 13.1 Å². The fraction of sp³-hybridized carbons (Fsp3) is 0.214. The number of hydrogen-bond acceptors (Lipinski definition) is 4. The average molecular weight is 256 g/mol. The molecule has 2 rings (SSSR count). The van der Waals surface area contributed by atoms with E-state index in [9.17, 15) is 4.79 Å². The maximum absolute atomic E-state index is 11.4. The van der Waals surface area contributed by atoms with Gasteiger partial charge in [-0.25, -0.2) is 9.97 Å². The van der Waals surface area contributed by atoms with Crippen LogP contribution in [-0.4, -0.2) is 22.9 Å². The van der Waals surface area contributed by atoms with E-state index in [0.717, 1.165) is 17.8 Å². The molecular weight excluding hydrogens is 240 g/mol. The molecule has 2 N–H and O–H groups in total. The molecule has 98 valence electrons. The van der Waals surface area contributed by atoms with Crippen LogP contribution in [0.4, 0.5) is 0 Å². The molecule has 0 atom stereocenters. The van der Waals surface area contributed by atoms with E-state index in [0.29, 0.717) is 12.1 Å². The number of nitrogens with one attached hydrogen (secondary N) is 2. The molecule has 19 heavy (non-hydrogen) atoms. The minimum absolute atomic E-state index is 0.0690. The molecular formula is C14H16N4O. The third-order valence-corrected chi connectivity index (χ3v) is 2.72. The van der Waals surface area contributed by atoms with E-state index in [2.05, 4.69) is 20.6 Å². The van der Waals surface area contributed by atoms with E-state index in [4.69, 9.17) is 0 Å². The first kappa shape index (κ1) is 13.2. The molecule has 5 nitrogen and oxygen atoms in total. The zero-order chi connectivity index (χ0) is 13.5. The lowest BCUT2D eigenvalue weighted by molar-refractivity contribution is 0.0963. The Labute approximate surface area is 112 Å². The third kappa shape index (κ3) is 3.86. The number of amides is 1. The molecule has 0 aliphatic rings. The SMILES string of the molecule is CNC(=O)c1ccc(CNCc2ccncn2)cc1. The molecule has 0 aliphatic carbocycles. The van der Waals surface area contributed by atoms with Gasteiger partial charge in [-0.15, -0.1) is 0 Å². The first-order chi connectivity index (χ1) is 9.29. The Balaban J connectivity index is 1.85. The Morgan fingerprint density at radius 1 is 1.16 bits per heavy atom. The average Bonchev–Trinajstić information content (AvgIpc) is 2.48. The Bertz CT molecular complexity index is 525. The number of carbonyl (C=O) groups excluding carboxylic acids is 1. The van der Waals surface area contributed by atoms with Crippen LogP contribution >= 0.6 is 0 Å². The van der Waals surface area contributed by atoms with Crippen molar-refractivity contribution in [3.05, 3.63) is 59.7 Å². The maximum Gasteiger partial charge on any atom is 0.251 e. The monoisotopic (exact) mass is 256 g/mol. The normalized spacial score (nSPS) is 10.2. The number of rotatable bonds is 5.